The van der Waals surface area contributed by atoms with Crippen molar-refractivity contribution in [1.29, 1.82) is 0 Å². The normalized spacial score (nSPS) is 10.7. The zero-order valence-corrected chi connectivity index (χ0v) is 20.9. The maximum Gasteiger partial charge on any atom is 0.243 e. The molecule has 2 aromatic carbocycles. The lowest BCUT2D eigenvalue weighted by Crippen LogP contribution is -2.40. The van der Waals surface area contributed by atoms with E-state index in [0.717, 1.165) is 30.0 Å². The van der Waals surface area contributed by atoms with Crippen molar-refractivity contribution in [1.82, 2.24) is 15.5 Å². The molecular formula is C22H31IN4O2S. The Morgan fingerprint density at radius 1 is 1.03 bits per heavy atom. The van der Waals surface area contributed by atoms with Crippen LogP contribution < -0.4 is 15.4 Å². The molecule has 0 saturated carbocycles. The van der Waals surface area contributed by atoms with Gasteiger partial charge in [-0.2, -0.15) is 0 Å². The van der Waals surface area contributed by atoms with Gasteiger partial charge in [-0.3, -0.25) is 4.79 Å². The maximum absolute atomic E-state index is 11.9. The number of nitrogens with one attached hydrogen (secondary N) is 2. The molecule has 0 unspecified atom stereocenters. The van der Waals surface area contributed by atoms with Crippen LogP contribution in [0.1, 0.15) is 5.56 Å². The van der Waals surface area contributed by atoms with Crippen molar-refractivity contribution in [3.05, 3.63) is 60.2 Å². The molecule has 2 rings (SSSR count). The number of carbonyl (C=O) groups excluding carboxylic acids is 1. The molecule has 8 heteroatoms. The number of aliphatic imine (C=N–C) groups is 1. The van der Waals surface area contributed by atoms with Crippen molar-refractivity contribution in [3.63, 3.8) is 0 Å². The first-order chi connectivity index (χ1) is 14.1. The molecule has 2 aromatic rings. The van der Waals surface area contributed by atoms with E-state index >= 15 is 0 Å². The predicted molar refractivity (Wildman–Crippen MR) is 136 cm³/mol. The van der Waals surface area contributed by atoms with Crippen LogP contribution in [0.4, 0.5) is 0 Å². The first-order valence-corrected chi connectivity index (χ1v) is 10.6. The van der Waals surface area contributed by atoms with Crippen molar-refractivity contribution < 1.29 is 9.53 Å². The van der Waals surface area contributed by atoms with Crippen molar-refractivity contribution in [3.8, 4) is 5.75 Å². The van der Waals surface area contributed by atoms with Crippen molar-refractivity contribution in [2.75, 3.05) is 46.6 Å². The fraction of sp³-hybridized carbons (Fsp3) is 0.364. The number of hydrogen-bond donors (Lipinski definition) is 2. The minimum Gasteiger partial charge on any atom is -0.496 e. The zero-order valence-electron chi connectivity index (χ0n) is 17.8. The molecule has 0 heterocycles. The van der Waals surface area contributed by atoms with Crippen LogP contribution in [0.3, 0.4) is 0 Å². The van der Waals surface area contributed by atoms with Crippen LogP contribution in [0.2, 0.25) is 0 Å². The molecule has 0 aliphatic heterocycles. The fourth-order valence-electron chi connectivity index (χ4n) is 2.54. The minimum absolute atomic E-state index is 0. The Kier molecular flexibility index (Phi) is 13.0. The smallest absolute Gasteiger partial charge is 0.243 e. The summed E-state index contributed by atoms with van der Waals surface area (Å²) in [5.74, 6) is 2.39. The molecule has 0 spiro atoms. The summed E-state index contributed by atoms with van der Waals surface area (Å²) in [7, 11) is 5.14. The van der Waals surface area contributed by atoms with Gasteiger partial charge in [0.15, 0.2) is 5.96 Å². The van der Waals surface area contributed by atoms with Crippen LogP contribution in [0, 0.1) is 0 Å². The molecule has 0 aliphatic carbocycles. The lowest BCUT2D eigenvalue weighted by Gasteiger charge is -2.14. The summed E-state index contributed by atoms with van der Waals surface area (Å²) in [6.45, 7) is 1.55. The van der Waals surface area contributed by atoms with E-state index in [9.17, 15) is 4.79 Å². The first-order valence-electron chi connectivity index (χ1n) is 9.62. The maximum atomic E-state index is 11.9. The van der Waals surface area contributed by atoms with E-state index in [-0.39, 0.29) is 36.4 Å². The lowest BCUT2D eigenvalue weighted by atomic mass is 10.1. The molecule has 0 aromatic heterocycles. The highest BCUT2D eigenvalue weighted by atomic mass is 127. The standard InChI is InChI=1S/C22H30N4O2S.HI/c1-26(2)21(27)17-25-22(24-15-16-29-19-10-5-4-6-11-19)23-14-13-18-9-7-8-12-20(18)28-3;/h4-12H,13-17H2,1-3H3,(H2,23,24,25);1H. The predicted octanol–water partition coefficient (Wildman–Crippen LogP) is 3.27. The van der Waals surface area contributed by atoms with Crippen LogP contribution in [0.5, 0.6) is 5.75 Å². The molecule has 2 N–H and O–H groups in total. The monoisotopic (exact) mass is 542 g/mol. The van der Waals surface area contributed by atoms with E-state index < -0.39 is 0 Å². The van der Waals surface area contributed by atoms with Gasteiger partial charge in [-0.05, 0) is 30.2 Å². The van der Waals surface area contributed by atoms with Gasteiger partial charge in [-0.15, -0.1) is 35.7 Å². The van der Waals surface area contributed by atoms with E-state index in [0.29, 0.717) is 12.5 Å². The number of likely N-dealkylation sites (N-methyl/N-ethyl adjacent to an activating group) is 1. The average molecular weight is 542 g/mol. The van der Waals surface area contributed by atoms with Gasteiger partial charge in [-0.1, -0.05) is 36.4 Å². The highest BCUT2D eigenvalue weighted by molar-refractivity contribution is 14.0. The van der Waals surface area contributed by atoms with Crippen molar-refractivity contribution in [2.45, 2.75) is 11.3 Å². The van der Waals surface area contributed by atoms with Gasteiger partial charge in [-0.25, -0.2) is 4.99 Å². The number of amides is 1. The fourth-order valence-corrected chi connectivity index (χ4v) is 3.33. The van der Waals surface area contributed by atoms with Crippen LogP contribution in [-0.4, -0.2) is 63.4 Å². The van der Waals surface area contributed by atoms with E-state index in [1.807, 2.05) is 36.4 Å². The molecule has 0 fully saturated rings. The summed E-state index contributed by atoms with van der Waals surface area (Å²) < 4.78 is 5.40. The summed E-state index contributed by atoms with van der Waals surface area (Å²) in [6, 6.07) is 18.3. The summed E-state index contributed by atoms with van der Waals surface area (Å²) in [6.07, 6.45) is 0.797. The van der Waals surface area contributed by atoms with E-state index in [4.69, 9.17) is 4.74 Å². The number of methoxy groups -OCH3 is 1. The number of hydrogen-bond acceptors (Lipinski definition) is 4. The van der Waals surface area contributed by atoms with Gasteiger partial charge in [0, 0.05) is 37.8 Å². The van der Waals surface area contributed by atoms with Gasteiger partial charge in [0.1, 0.15) is 12.3 Å². The van der Waals surface area contributed by atoms with Crippen LogP contribution in [-0.2, 0) is 11.2 Å². The van der Waals surface area contributed by atoms with Crippen molar-refractivity contribution >= 4 is 47.6 Å². The molecule has 0 saturated heterocycles. The molecule has 0 radical (unpaired) electrons. The molecule has 30 heavy (non-hydrogen) atoms. The Morgan fingerprint density at radius 2 is 1.70 bits per heavy atom. The molecule has 164 valence electrons. The SMILES string of the molecule is COc1ccccc1CCNC(=NCC(=O)N(C)C)NCCSc1ccccc1.I. The van der Waals surface area contributed by atoms with Crippen molar-refractivity contribution in [2.24, 2.45) is 4.99 Å². The van der Waals surface area contributed by atoms with Crippen LogP contribution in [0.15, 0.2) is 64.5 Å². The lowest BCUT2D eigenvalue weighted by molar-refractivity contribution is -0.127. The largest absolute Gasteiger partial charge is 0.496 e. The molecule has 6 nitrogen and oxygen atoms in total. The third-order valence-electron chi connectivity index (χ3n) is 4.16. The van der Waals surface area contributed by atoms with Crippen LogP contribution in [0.25, 0.3) is 0 Å². The quantitative estimate of drug-likeness (QED) is 0.159. The Balaban J connectivity index is 0.00000450. The van der Waals surface area contributed by atoms with Crippen LogP contribution >= 0.6 is 35.7 Å². The number of para-hydroxylation sites is 1. The number of benzene rings is 2. The number of guanidine groups is 1. The second-order valence-electron chi connectivity index (χ2n) is 6.53. The highest BCUT2D eigenvalue weighted by Crippen LogP contribution is 2.17. The number of thioether (sulfide) groups is 1. The third kappa shape index (κ3) is 9.71. The Hall–Kier alpha value is -1.94. The minimum atomic E-state index is -0.0329. The van der Waals surface area contributed by atoms with Gasteiger partial charge >= 0.3 is 0 Å². The second kappa shape index (κ2) is 15.0. The van der Waals surface area contributed by atoms with Gasteiger partial charge in [0.05, 0.1) is 7.11 Å². The Labute approximate surface area is 200 Å². The first kappa shape index (κ1) is 26.1. The summed E-state index contributed by atoms with van der Waals surface area (Å²) in [5.41, 5.74) is 1.13. The Bertz CT molecular complexity index is 788. The number of carbonyl (C=O) groups is 1. The molecular weight excluding hydrogens is 511 g/mol. The Morgan fingerprint density at radius 3 is 2.40 bits per heavy atom. The van der Waals surface area contributed by atoms with Gasteiger partial charge in [0.2, 0.25) is 5.91 Å². The van der Waals surface area contributed by atoms with Gasteiger partial charge in [0.25, 0.3) is 0 Å². The zero-order chi connectivity index (χ0) is 20.9. The highest BCUT2D eigenvalue weighted by Gasteiger charge is 2.06. The summed E-state index contributed by atoms with van der Waals surface area (Å²) >= 11 is 1.78. The van der Waals surface area contributed by atoms with E-state index in [1.165, 1.54) is 4.90 Å². The third-order valence-corrected chi connectivity index (χ3v) is 5.17. The number of ether oxygens (including phenoxy) is 1. The molecule has 0 bridgehead atoms. The molecule has 1 amide bonds. The number of rotatable bonds is 10. The average Bonchev–Trinajstić information content (AvgIpc) is 2.75. The van der Waals surface area contributed by atoms with E-state index in [1.54, 1.807) is 37.9 Å². The van der Waals surface area contributed by atoms with Gasteiger partial charge < -0.3 is 20.3 Å². The number of nitrogens with zero attached hydrogens (tertiary/aromatic N) is 2. The topological polar surface area (TPSA) is 66.0 Å². The summed E-state index contributed by atoms with van der Waals surface area (Å²) in [5, 5.41) is 6.63. The molecule has 0 atom stereocenters. The number of halogens is 1. The second-order valence-corrected chi connectivity index (χ2v) is 7.70. The van der Waals surface area contributed by atoms with E-state index in [2.05, 4.69) is 33.8 Å². The summed E-state index contributed by atoms with van der Waals surface area (Å²) in [4.78, 5) is 19.1. The molecule has 0 aliphatic rings.